The molecule has 0 aliphatic heterocycles. The van der Waals surface area contributed by atoms with Crippen LogP contribution in [0.4, 0.5) is 0 Å². The third-order valence-electron chi connectivity index (χ3n) is 6.71. The lowest BCUT2D eigenvalue weighted by Crippen LogP contribution is -2.50. The summed E-state index contributed by atoms with van der Waals surface area (Å²) in [6.07, 6.45) is 10.5. The van der Waals surface area contributed by atoms with Crippen molar-refractivity contribution in [1.82, 2.24) is 19.8 Å². The van der Waals surface area contributed by atoms with Gasteiger partial charge in [-0.3, -0.25) is 9.59 Å². The van der Waals surface area contributed by atoms with E-state index < -0.39 is 6.04 Å². The van der Waals surface area contributed by atoms with Gasteiger partial charge in [0.1, 0.15) is 6.04 Å². The fourth-order valence-corrected chi connectivity index (χ4v) is 5.40. The Morgan fingerprint density at radius 2 is 1.74 bits per heavy atom. The normalized spacial score (nSPS) is 18.6. The highest BCUT2D eigenvalue weighted by molar-refractivity contribution is 7.03. The number of carbonyl (C=O) groups is 2. The van der Waals surface area contributed by atoms with Gasteiger partial charge in [-0.05, 0) is 54.8 Å². The minimum Gasteiger partial charge on any atom is -0.351 e. The van der Waals surface area contributed by atoms with E-state index in [0.717, 1.165) is 63.4 Å². The van der Waals surface area contributed by atoms with Gasteiger partial charge in [-0.25, -0.2) is 0 Å². The smallest absolute Gasteiger partial charge is 0.276 e. The number of aryl methyl sites for hydroxylation is 1. The Hall–Kier alpha value is -2.28. The van der Waals surface area contributed by atoms with E-state index in [4.69, 9.17) is 0 Å². The molecule has 1 aromatic carbocycles. The first kappa shape index (κ1) is 21.9. The number of benzene rings is 1. The predicted molar refractivity (Wildman–Crippen MR) is 122 cm³/mol. The third-order valence-corrected chi connectivity index (χ3v) is 7.22. The molecule has 1 aromatic heterocycles. The number of hydrogen-bond donors (Lipinski definition) is 1. The van der Waals surface area contributed by atoms with Crippen molar-refractivity contribution in [1.29, 1.82) is 0 Å². The summed E-state index contributed by atoms with van der Waals surface area (Å²) in [5, 5.41) is 9.00. The molecule has 2 aromatic rings. The first-order valence-corrected chi connectivity index (χ1v) is 12.5. The van der Waals surface area contributed by atoms with Crippen LogP contribution >= 0.6 is 11.5 Å². The van der Waals surface area contributed by atoms with Crippen LogP contribution in [0.2, 0.25) is 0 Å². The molecule has 7 heteroatoms. The minimum atomic E-state index is -0.648. The number of aromatic nitrogens is 2. The van der Waals surface area contributed by atoms with Crippen molar-refractivity contribution in [2.24, 2.45) is 0 Å². The van der Waals surface area contributed by atoms with Crippen LogP contribution in [0.25, 0.3) is 0 Å². The highest BCUT2D eigenvalue weighted by atomic mass is 32.1. The van der Waals surface area contributed by atoms with Gasteiger partial charge in [0.05, 0.1) is 0 Å². The highest BCUT2D eigenvalue weighted by Gasteiger charge is 2.39. The van der Waals surface area contributed by atoms with E-state index in [0.29, 0.717) is 5.69 Å². The molecule has 1 atom stereocenters. The molecule has 0 saturated heterocycles. The number of amides is 2. The zero-order valence-electron chi connectivity index (χ0n) is 18.3. The lowest BCUT2D eigenvalue weighted by atomic mass is 9.94. The van der Waals surface area contributed by atoms with Crippen molar-refractivity contribution < 1.29 is 9.59 Å². The lowest BCUT2D eigenvalue weighted by molar-refractivity contribution is -0.127. The molecule has 2 fully saturated rings. The van der Waals surface area contributed by atoms with Crippen LogP contribution in [-0.4, -0.2) is 38.4 Å². The molecule has 1 heterocycles. The standard InChI is InChI=1S/C24H32N4O2S/c1-2-17-12-14-18(15-13-17)22(23(29)25-19-8-4-3-5-9-19)28(20-10-6-7-11-20)24(30)21-16-31-27-26-21/h12-16,19-20,22H,2-11H2,1H3,(H,25,29)/t22-/m0/s1. The maximum Gasteiger partial charge on any atom is 0.276 e. The van der Waals surface area contributed by atoms with E-state index in [1.54, 1.807) is 5.38 Å². The van der Waals surface area contributed by atoms with Gasteiger partial charge in [0.2, 0.25) is 5.91 Å². The molecular formula is C24H32N4O2S. The van der Waals surface area contributed by atoms with Gasteiger partial charge in [-0.1, -0.05) is 67.8 Å². The van der Waals surface area contributed by atoms with Crippen LogP contribution < -0.4 is 5.32 Å². The third kappa shape index (κ3) is 5.14. The first-order valence-electron chi connectivity index (χ1n) is 11.7. The number of nitrogens with one attached hydrogen (secondary N) is 1. The molecule has 6 nitrogen and oxygen atoms in total. The van der Waals surface area contributed by atoms with Crippen molar-refractivity contribution in [3.63, 3.8) is 0 Å². The number of nitrogens with zero attached hydrogens (tertiary/aromatic N) is 3. The van der Waals surface area contributed by atoms with Crippen molar-refractivity contribution in [2.75, 3.05) is 0 Å². The predicted octanol–water partition coefficient (Wildman–Crippen LogP) is 4.68. The second-order valence-corrected chi connectivity index (χ2v) is 9.39. The number of hydrogen-bond acceptors (Lipinski definition) is 5. The number of rotatable bonds is 7. The maximum absolute atomic E-state index is 13.7. The van der Waals surface area contributed by atoms with E-state index in [1.807, 2.05) is 17.0 Å². The molecule has 2 saturated carbocycles. The largest absolute Gasteiger partial charge is 0.351 e. The van der Waals surface area contributed by atoms with Crippen molar-refractivity contribution >= 4 is 23.3 Å². The summed E-state index contributed by atoms with van der Waals surface area (Å²) in [4.78, 5) is 29.1. The summed E-state index contributed by atoms with van der Waals surface area (Å²) < 4.78 is 3.89. The lowest BCUT2D eigenvalue weighted by Gasteiger charge is -2.37. The molecule has 0 spiro atoms. The minimum absolute atomic E-state index is 0.0437. The van der Waals surface area contributed by atoms with Gasteiger partial charge < -0.3 is 10.2 Å². The topological polar surface area (TPSA) is 75.2 Å². The second-order valence-electron chi connectivity index (χ2n) is 8.78. The molecule has 1 N–H and O–H groups in total. The molecule has 0 radical (unpaired) electrons. The van der Waals surface area contributed by atoms with Gasteiger partial charge in [0.15, 0.2) is 5.69 Å². The van der Waals surface area contributed by atoms with E-state index in [1.165, 1.54) is 23.5 Å². The van der Waals surface area contributed by atoms with E-state index in [9.17, 15) is 9.59 Å². The van der Waals surface area contributed by atoms with E-state index >= 15 is 0 Å². The van der Waals surface area contributed by atoms with Crippen LogP contribution in [0.1, 0.15) is 92.4 Å². The zero-order chi connectivity index (χ0) is 21.6. The molecule has 0 unspecified atom stereocenters. The van der Waals surface area contributed by atoms with Crippen molar-refractivity contribution in [2.45, 2.75) is 89.3 Å². The van der Waals surface area contributed by atoms with Crippen LogP contribution in [-0.2, 0) is 11.2 Å². The molecule has 2 aliphatic rings. The summed E-state index contributed by atoms with van der Waals surface area (Å²) in [6.45, 7) is 2.12. The SMILES string of the molecule is CCc1ccc([C@@H](C(=O)NC2CCCCC2)N(C(=O)c2csnn2)C2CCCC2)cc1. The Balaban J connectivity index is 1.69. The van der Waals surface area contributed by atoms with E-state index in [-0.39, 0.29) is 23.9 Å². The molecule has 31 heavy (non-hydrogen) atoms. The van der Waals surface area contributed by atoms with Crippen LogP contribution in [0.5, 0.6) is 0 Å². The molecule has 4 rings (SSSR count). The zero-order valence-corrected chi connectivity index (χ0v) is 19.1. The molecule has 166 valence electrons. The monoisotopic (exact) mass is 440 g/mol. The second kappa shape index (κ2) is 10.4. The highest BCUT2D eigenvalue weighted by Crippen LogP contribution is 2.33. The maximum atomic E-state index is 13.7. The summed E-state index contributed by atoms with van der Waals surface area (Å²) >= 11 is 1.17. The average molecular weight is 441 g/mol. The van der Waals surface area contributed by atoms with Gasteiger partial charge in [-0.15, -0.1) is 5.10 Å². The molecular weight excluding hydrogens is 408 g/mol. The first-order chi connectivity index (χ1) is 15.2. The molecule has 2 amide bonds. The average Bonchev–Trinajstić information content (AvgIpc) is 3.52. The molecule has 0 bridgehead atoms. The Bertz CT molecular complexity index is 856. The Morgan fingerprint density at radius 3 is 2.35 bits per heavy atom. The molecule has 2 aliphatic carbocycles. The Morgan fingerprint density at radius 1 is 1.06 bits per heavy atom. The summed E-state index contributed by atoms with van der Waals surface area (Å²) in [5.74, 6) is -0.261. The van der Waals surface area contributed by atoms with Crippen LogP contribution in [0, 0.1) is 0 Å². The quantitative estimate of drug-likeness (QED) is 0.679. The van der Waals surface area contributed by atoms with Crippen molar-refractivity contribution in [3.05, 3.63) is 46.5 Å². The summed E-state index contributed by atoms with van der Waals surface area (Å²) in [5.41, 5.74) is 2.42. The number of carbonyl (C=O) groups excluding carboxylic acids is 2. The van der Waals surface area contributed by atoms with Gasteiger partial charge >= 0.3 is 0 Å². The van der Waals surface area contributed by atoms with Gasteiger partial charge in [0, 0.05) is 17.5 Å². The Kier molecular flexibility index (Phi) is 7.33. The van der Waals surface area contributed by atoms with E-state index in [2.05, 4.69) is 34.0 Å². The van der Waals surface area contributed by atoms with Gasteiger partial charge in [0.25, 0.3) is 5.91 Å². The Labute approximate surface area is 188 Å². The van der Waals surface area contributed by atoms with Crippen LogP contribution in [0.3, 0.4) is 0 Å². The summed E-state index contributed by atoms with van der Waals surface area (Å²) in [7, 11) is 0. The summed E-state index contributed by atoms with van der Waals surface area (Å²) in [6, 6.07) is 7.75. The van der Waals surface area contributed by atoms with Gasteiger partial charge in [-0.2, -0.15) is 0 Å². The van der Waals surface area contributed by atoms with Crippen molar-refractivity contribution in [3.8, 4) is 0 Å². The fraction of sp³-hybridized carbons (Fsp3) is 0.583. The fourth-order valence-electron chi connectivity index (χ4n) is 4.97. The van der Waals surface area contributed by atoms with Crippen LogP contribution in [0.15, 0.2) is 29.6 Å².